The second-order valence-electron chi connectivity index (χ2n) is 4.04. The van der Waals surface area contributed by atoms with E-state index in [1.54, 1.807) is 23.1 Å². The zero-order valence-electron chi connectivity index (χ0n) is 9.97. The number of anilines is 2. The van der Waals surface area contributed by atoms with Crippen LogP contribution in [0.5, 0.6) is 0 Å². The average molecular weight is 232 g/mol. The number of nitrogens with zero attached hydrogens (tertiary/aromatic N) is 2. The molecule has 0 aromatic heterocycles. The van der Waals surface area contributed by atoms with Crippen molar-refractivity contribution in [2.24, 2.45) is 5.73 Å². The smallest absolute Gasteiger partial charge is 0.236 e. The van der Waals surface area contributed by atoms with Crippen LogP contribution in [0.2, 0.25) is 0 Å². The monoisotopic (exact) mass is 232 g/mol. The lowest BCUT2D eigenvalue weighted by atomic mass is 10.1. The third kappa shape index (κ3) is 2.88. The average Bonchev–Trinajstić information content (AvgIpc) is 2.26. The van der Waals surface area contributed by atoms with E-state index in [2.05, 4.69) is 0 Å². The fourth-order valence-electron chi connectivity index (χ4n) is 1.61. The molecule has 1 amide bonds. The van der Waals surface area contributed by atoms with Gasteiger partial charge in [0.25, 0.3) is 0 Å². The highest BCUT2D eigenvalue weighted by Crippen LogP contribution is 2.27. The molecule has 4 N–H and O–H groups in total. The summed E-state index contributed by atoms with van der Waals surface area (Å²) in [5.74, 6) is -0.430. The standard InChI is InChI=1S/C12H16N4O/c1-8(2)16(7-11(14)17)10-5-3-4-9(6-13)12(10)15/h3-5,8H,7,15H2,1-2H3,(H2,14,17). The predicted molar refractivity (Wildman–Crippen MR) is 67.2 cm³/mol. The van der Waals surface area contributed by atoms with Gasteiger partial charge in [0.05, 0.1) is 23.5 Å². The summed E-state index contributed by atoms with van der Waals surface area (Å²) >= 11 is 0. The van der Waals surface area contributed by atoms with E-state index < -0.39 is 5.91 Å². The van der Waals surface area contributed by atoms with Gasteiger partial charge >= 0.3 is 0 Å². The number of benzene rings is 1. The number of amides is 1. The number of para-hydroxylation sites is 1. The Morgan fingerprint density at radius 2 is 2.18 bits per heavy atom. The Morgan fingerprint density at radius 3 is 2.65 bits per heavy atom. The topological polar surface area (TPSA) is 96.1 Å². The lowest BCUT2D eigenvalue weighted by Gasteiger charge is -2.29. The third-order valence-electron chi connectivity index (χ3n) is 2.46. The molecule has 0 aliphatic rings. The summed E-state index contributed by atoms with van der Waals surface area (Å²) in [4.78, 5) is 12.8. The van der Waals surface area contributed by atoms with Gasteiger partial charge in [-0.25, -0.2) is 0 Å². The van der Waals surface area contributed by atoms with Gasteiger partial charge in [0.1, 0.15) is 6.07 Å². The number of carbonyl (C=O) groups excluding carboxylic acids is 1. The van der Waals surface area contributed by atoms with Crippen molar-refractivity contribution in [1.82, 2.24) is 0 Å². The molecule has 90 valence electrons. The molecule has 0 aliphatic carbocycles. The normalized spacial score (nSPS) is 10.0. The first-order valence-corrected chi connectivity index (χ1v) is 5.31. The largest absolute Gasteiger partial charge is 0.396 e. The molecule has 0 heterocycles. The summed E-state index contributed by atoms with van der Waals surface area (Å²) in [5, 5.41) is 8.90. The van der Waals surface area contributed by atoms with Crippen LogP contribution in [0.4, 0.5) is 11.4 Å². The number of rotatable bonds is 4. The van der Waals surface area contributed by atoms with Gasteiger partial charge in [0.2, 0.25) is 5.91 Å². The van der Waals surface area contributed by atoms with Crippen LogP contribution in [0.25, 0.3) is 0 Å². The number of nitrogen functional groups attached to an aromatic ring is 1. The summed E-state index contributed by atoms with van der Waals surface area (Å²) in [6.45, 7) is 3.94. The maximum Gasteiger partial charge on any atom is 0.236 e. The number of nitriles is 1. The summed E-state index contributed by atoms with van der Waals surface area (Å²) in [5.41, 5.74) is 12.5. The van der Waals surface area contributed by atoms with Crippen LogP contribution in [0.1, 0.15) is 19.4 Å². The van der Waals surface area contributed by atoms with Crippen molar-refractivity contribution in [2.45, 2.75) is 19.9 Å². The van der Waals surface area contributed by atoms with Crippen LogP contribution in [0, 0.1) is 11.3 Å². The Bertz CT molecular complexity index is 462. The molecule has 1 aromatic carbocycles. The molecule has 0 saturated carbocycles. The molecule has 1 aromatic rings. The Kier molecular flexibility index (Phi) is 3.94. The van der Waals surface area contributed by atoms with Crippen LogP contribution >= 0.6 is 0 Å². The molecule has 0 fully saturated rings. The van der Waals surface area contributed by atoms with Crippen LogP contribution < -0.4 is 16.4 Å². The van der Waals surface area contributed by atoms with Gasteiger partial charge in [0, 0.05) is 6.04 Å². The van der Waals surface area contributed by atoms with E-state index in [1.165, 1.54) is 0 Å². The highest BCUT2D eigenvalue weighted by Gasteiger charge is 2.16. The van der Waals surface area contributed by atoms with Crippen molar-refractivity contribution in [3.05, 3.63) is 23.8 Å². The minimum atomic E-state index is -0.430. The third-order valence-corrected chi connectivity index (χ3v) is 2.46. The van der Waals surface area contributed by atoms with E-state index in [9.17, 15) is 4.79 Å². The molecule has 17 heavy (non-hydrogen) atoms. The van der Waals surface area contributed by atoms with Crippen LogP contribution in [0.15, 0.2) is 18.2 Å². The van der Waals surface area contributed by atoms with Crippen LogP contribution in [-0.2, 0) is 4.79 Å². The Morgan fingerprint density at radius 1 is 1.53 bits per heavy atom. The quantitative estimate of drug-likeness (QED) is 0.752. The van der Waals surface area contributed by atoms with Crippen molar-refractivity contribution in [1.29, 1.82) is 5.26 Å². The Hall–Kier alpha value is -2.22. The molecule has 0 bridgehead atoms. The van der Waals surface area contributed by atoms with E-state index in [1.807, 2.05) is 19.9 Å². The molecular weight excluding hydrogens is 216 g/mol. The van der Waals surface area contributed by atoms with Crippen LogP contribution in [-0.4, -0.2) is 18.5 Å². The molecule has 5 nitrogen and oxygen atoms in total. The first kappa shape index (κ1) is 12.8. The predicted octanol–water partition coefficient (Wildman–Crippen LogP) is 0.841. The van der Waals surface area contributed by atoms with Gasteiger partial charge in [-0.2, -0.15) is 5.26 Å². The van der Waals surface area contributed by atoms with E-state index in [0.29, 0.717) is 16.9 Å². The van der Waals surface area contributed by atoms with Gasteiger partial charge in [-0.05, 0) is 26.0 Å². The fourth-order valence-corrected chi connectivity index (χ4v) is 1.61. The van der Waals surface area contributed by atoms with Crippen LogP contribution in [0.3, 0.4) is 0 Å². The maximum atomic E-state index is 11.0. The first-order chi connectivity index (χ1) is 7.97. The molecule has 0 atom stereocenters. The van der Waals surface area contributed by atoms with Gasteiger partial charge in [0.15, 0.2) is 0 Å². The van der Waals surface area contributed by atoms with Crippen molar-refractivity contribution in [3.8, 4) is 6.07 Å². The van der Waals surface area contributed by atoms with E-state index in [4.69, 9.17) is 16.7 Å². The molecule has 0 radical (unpaired) electrons. The van der Waals surface area contributed by atoms with Gasteiger partial charge in [-0.15, -0.1) is 0 Å². The number of primary amides is 1. The van der Waals surface area contributed by atoms with E-state index in [-0.39, 0.29) is 12.6 Å². The molecule has 0 saturated heterocycles. The minimum Gasteiger partial charge on any atom is -0.396 e. The molecular formula is C12H16N4O. The molecule has 5 heteroatoms. The Balaban J connectivity index is 3.20. The van der Waals surface area contributed by atoms with Gasteiger partial charge in [-0.1, -0.05) is 6.07 Å². The summed E-state index contributed by atoms with van der Waals surface area (Å²) < 4.78 is 0. The highest BCUT2D eigenvalue weighted by atomic mass is 16.1. The zero-order valence-corrected chi connectivity index (χ0v) is 9.97. The second kappa shape index (κ2) is 5.21. The van der Waals surface area contributed by atoms with Gasteiger partial charge < -0.3 is 16.4 Å². The number of nitrogens with two attached hydrogens (primary N) is 2. The molecule has 0 spiro atoms. The summed E-state index contributed by atoms with van der Waals surface area (Å²) in [7, 11) is 0. The lowest BCUT2D eigenvalue weighted by molar-refractivity contribution is -0.116. The van der Waals surface area contributed by atoms with Crippen molar-refractivity contribution >= 4 is 17.3 Å². The maximum absolute atomic E-state index is 11.0. The van der Waals surface area contributed by atoms with Crippen molar-refractivity contribution in [3.63, 3.8) is 0 Å². The molecule has 0 unspecified atom stereocenters. The summed E-state index contributed by atoms with van der Waals surface area (Å²) in [6.07, 6.45) is 0. The number of hydrogen-bond donors (Lipinski definition) is 2. The lowest BCUT2D eigenvalue weighted by Crippen LogP contribution is -2.39. The van der Waals surface area contributed by atoms with Crippen molar-refractivity contribution < 1.29 is 4.79 Å². The van der Waals surface area contributed by atoms with E-state index >= 15 is 0 Å². The highest BCUT2D eigenvalue weighted by molar-refractivity contribution is 5.83. The second-order valence-corrected chi connectivity index (χ2v) is 4.04. The fraction of sp³-hybridized carbons (Fsp3) is 0.333. The molecule has 0 aliphatic heterocycles. The minimum absolute atomic E-state index is 0.0683. The molecule has 1 rings (SSSR count). The van der Waals surface area contributed by atoms with Crippen molar-refractivity contribution in [2.75, 3.05) is 17.2 Å². The van der Waals surface area contributed by atoms with E-state index in [0.717, 1.165) is 0 Å². The number of carbonyl (C=O) groups is 1. The SMILES string of the molecule is CC(C)N(CC(N)=O)c1cccc(C#N)c1N. The van der Waals surface area contributed by atoms with Gasteiger partial charge in [-0.3, -0.25) is 4.79 Å². The zero-order chi connectivity index (χ0) is 13.0. The summed E-state index contributed by atoms with van der Waals surface area (Å²) in [6, 6.07) is 7.24. The Labute approximate surface area is 101 Å². The number of hydrogen-bond acceptors (Lipinski definition) is 4. The first-order valence-electron chi connectivity index (χ1n) is 5.31.